The van der Waals surface area contributed by atoms with Gasteiger partial charge < -0.3 is 10.5 Å². The second kappa shape index (κ2) is 4.46. The standard InChI is InChI=1S/C14H21NO/c1-3-11-8-12(10-13(9-11)16-2)4-5-14(15)6-7-14/h8-10H,3-7,15H2,1-2H3. The van der Waals surface area contributed by atoms with Gasteiger partial charge in [-0.15, -0.1) is 0 Å². The molecule has 1 fully saturated rings. The van der Waals surface area contributed by atoms with Gasteiger partial charge in [0.15, 0.2) is 0 Å². The predicted octanol–water partition coefficient (Wildman–Crippen LogP) is 2.68. The average Bonchev–Trinajstić information content (AvgIpc) is 3.05. The van der Waals surface area contributed by atoms with Gasteiger partial charge in [-0.2, -0.15) is 0 Å². The number of rotatable bonds is 5. The molecule has 0 radical (unpaired) electrons. The van der Waals surface area contributed by atoms with Gasteiger partial charge in [-0.3, -0.25) is 0 Å². The molecule has 0 spiro atoms. The van der Waals surface area contributed by atoms with Gasteiger partial charge in [-0.05, 0) is 55.4 Å². The average molecular weight is 219 g/mol. The highest BCUT2D eigenvalue weighted by atomic mass is 16.5. The molecule has 2 N–H and O–H groups in total. The van der Waals surface area contributed by atoms with Crippen molar-refractivity contribution in [3.63, 3.8) is 0 Å². The molecule has 1 aromatic carbocycles. The maximum Gasteiger partial charge on any atom is 0.119 e. The number of aryl methyl sites for hydroxylation is 2. The van der Waals surface area contributed by atoms with Crippen LogP contribution in [-0.4, -0.2) is 12.6 Å². The van der Waals surface area contributed by atoms with E-state index >= 15 is 0 Å². The minimum atomic E-state index is 0.148. The fourth-order valence-electron chi connectivity index (χ4n) is 2.00. The maximum atomic E-state index is 6.10. The van der Waals surface area contributed by atoms with Crippen LogP contribution in [0.2, 0.25) is 0 Å². The van der Waals surface area contributed by atoms with Crippen LogP contribution in [0.25, 0.3) is 0 Å². The Morgan fingerprint density at radius 2 is 1.94 bits per heavy atom. The molecular formula is C14H21NO. The molecule has 88 valence electrons. The van der Waals surface area contributed by atoms with Crippen molar-refractivity contribution in [2.24, 2.45) is 5.73 Å². The van der Waals surface area contributed by atoms with Crippen LogP contribution in [0.15, 0.2) is 18.2 Å². The van der Waals surface area contributed by atoms with Crippen molar-refractivity contribution in [2.75, 3.05) is 7.11 Å². The summed E-state index contributed by atoms with van der Waals surface area (Å²) in [4.78, 5) is 0. The topological polar surface area (TPSA) is 35.2 Å². The lowest BCUT2D eigenvalue weighted by molar-refractivity contribution is 0.413. The molecule has 0 saturated heterocycles. The van der Waals surface area contributed by atoms with E-state index in [4.69, 9.17) is 10.5 Å². The van der Waals surface area contributed by atoms with Gasteiger partial charge in [0.25, 0.3) is 0 Å². The zero-order valence-corrected chi connectivity index (χ0v) is 10.3. The first-order chi connectivity index (χ1) is 7.65. The summed E-state index contributed by atoms with van der Waals surface area (Å²) in [6.45, 7) is 2.17. The first kappa shape index (κ1) is 11.5. The monoisotopic (exact) mass is 219 g/mol. The summed E-state index contributed by atoms with van der Waals surface area (Å²) < 4.78 is 5.31. The van der Waals surface area contributed by atoms with E-state index in [1.165, 1.54) is 24.0 Å². The van der Waals surface area contributed by atoms with Crippen LogP contribution >= 0.6 is 0 Å². The Kier molecular flexibility index (Phi) is 3.20. The normalized spacial score (nSPS) is 17.2. The lowest BCUT2D eigenvalue weighted by atomic mass is 10.0. The Morgan fingerprint density at radius 1 is 1.25 bits per heavy atom. The number of methoxy groups -OCH3 is 1. The van der Waals surface area contributed by atoms with E-state index in [2.05, 4.69) is 25.1 Å². The minimum Gasteiger partial charge on any atom is -0.497 e. The van der Waals surface area contributed by atoms with E-state index < -0.39 is 0 Å². The van der Waals surface area contributed by atoms with Crippen molar-refractivity contribution in [1.29, 1.82) is 0 Å². The van der Waals surface area contributed by atoms with Crippen LogP contribution in [0.4, 0.5) is 0 Å². The third-order valence-electron chi connectivity index (χ3n) is 3.47. The molecule has 2 rings (SSSR count). The Hall–Kier alpha value is -1.02. The molecule has 2 heteroatoms. The van der Waals surface area contributed by atoms with Gasteiger partial charge in [0.05, 0.1) is 7.11 Å². The van der Waals surface area contributed by atoms with Crippen molar-refractivity contribution < 1.29 is 4.74 Å². The summed E-state index contributed by atoms with van der Waals surface area (Å²) in [6.07, 6.45) is 5.61. The zero-order valence-electron chi connectivity index (χ0n) is 10.3. The zero-order chi connectivity index (χ0) is 11.6. The molecule has 0 amide bonds. The lowest BCUT2D eigenvalue weighted by Gasteiger charge is -2.11. The predicted molar refractivity (Wildman–Crippen MR) is 66.8 cm³/mol. The summed E-state index contributed by atoms with van der Waals surface area (Å²) in [5.41, 5.74) is 8.95. The van der Waals surface area contributed by atoms with E-state index in [1.807, 2.05) is 0 Å². The van der Waals surface area contributed by atoms with Gasteiger partial charge >= 0.3 is 0 Å². The molecule has 0 unspecified atom stereocenters. The molecule has 2 nitrogen and oxygen atoms in total. The molecular weight excluding hydrogens is 198 g/mol. The largest absolute Gasteiger partial charge is 0.497 e. The van der Waals surface area contributed by atoms with E-state index in [0.717, 1.165) is 25.0 Å². The second-order valence-electron chi connectivity index (χ2n) is 4.91. The molecule has 1 saturated carbocycles. The van der Waals surface area contributed by atoms with Crippen LogP contribution in [0.5, 0.6) is 5.75 Å². The molecule has 1 aliphatic rings. The Balaban J connectivity index is 2.06. The third kappa shape index (κ3) is 2.76. The van der Waals surface area contributed by atoms with Gasteiger partial charge in [0, 0.05) is 5.54 Å². The van der Waals surface area contributed by atoms with Crippen LogP contribution < -0.4 is 10.5 Å². The first-order valence-electron chi connectivity index (χ1n) is 6.11. The summed E-state index contributed by atoms with van der Waals surface area (Å²) in [5, 5.41) is 0. The van der Waals surface area contributed by atoms with Gasteiger partial charge in [-0.1, -0.05) is 13.0 Å². The number of hydrogen-bond acceptors (Lipinski definition) is 2. The van der Waals surface area contributed by atoms with Crippen molar-refractivity contribution in [1.82, 2.24) is 0 Å². The quantitative estimate of drug-likeness (QED) is 0.826. The van der Waals surface area contributed by atoms with Crippen LogP contribution in [0.1, 0.15) is 37.3 Å². The van der Waals surface area contributed by atoms with Gasteiger partial charge in [-0.25, -0.2) is 0 Å². The Labute approximate surface area is 97.8 Å². The molecule has 16 heavy (non-hydrogen) atoms. The van der Waals surface area contributed by atoms with Crippen LogP contribution in [0.3, 0.4) is 0 Å². The highest BCUT2D eigenvalue weighted by Gasteiger charge is 2.37. The summed E-state index contributed by atoms with van der Waals surface area (Å²) >= 11 is 0. The Morgan fingerprint density at radius 3 is 2.50 bits per heavy atom. The van der Waals surface area contributed by atoms with Crippen LogP contribution in [0, 0.1) is 0 Å². The number of nitrogens with two attached hydrogens (primary N) is 1. The number of hydrogen-bond donors (Lipinski definition) is 1. The molecule has 1 aliphatic carbocycles. The molecule has 0 aromatic heterocycles. The lowest BCUT2D eigenvalue weighted by Crippen LogP contribution is -2.22. The highest BCUT2D eigenvalue weighted by Crippen LogP contribution is 2.36. The smallest absolute Gasteiger partial charge is 0.119 e. The van der Waals surface area contributed by atoms with E-state index in [1.54, 1.807) is 7.11 Å². The van der Waals surface area contributed by atoms with Crippen molar-refractivity contribution in [3.05, 3.63) is 29.3 Å². The maximum absolute atomic E-state index is 6.10. The molecule has 0 heterocycles. The second-order valence-corrected chi connectivity index (χ2v) is 4.91. The summed E-state index contributed by atoms with van der Waals surface area (Å²) in [7, 11) is 1.73. The van der Waals surface area contributed by atoms with Crippen molar-refractivity contribution in [3.8, 4) is 5.75 Å². The van der Waals surface area contributed by atoms with E-state index in [0.29, 0.717) is 0 Å². The Bertz CT molecular complexity index is 347. The van der Waals surface area contributed by atoms with E-state index in [9.17, 15) is 0 Å². The fraction of sp³-hybridized carbons (Fsp3) is 0.571. The summed E-state index contributed by atoms with van der Waals surface area (Å²) in [5.74, 6) is 0.969. The number of ether oxygens (including phenoxy) is 1. The van der Waals surface area contributed by atoms with Crippen molar-refractivity contribution in [2.45, 2.75) is 44.6 Å². The van der Waals surface area contributed by atoms with Crippen LogP contribution in [-0.2, 0) is 12.8 Å². The van der Waals surface area contributed by atoms with Gasteiger partial charge in [0.2, 0.25) is 0 Å². The molecule has 0 atom stereocenters. The molecule has 0 aliphatic heterocycles. The minimum absolute atomic E-state index is 0.148. The first-order valence-corrected chi connectivity index (χ1v) is 6.11. The number of benzene rings is 1. The SMILES string of the molecule is CCc1cc(CCC2(N)CC2)cc(OC)c1. The van der Waals surface area contributed by atoms with E-state index in [-0.39, 0.29) is 5.54 Å². The summed E-state index contributed by atoms with van der Waals surface area (Å²) in [6, 6.07) is 6.51. The third-order valence-corrected chi connectivity index (χ3v) is 3.47. The molecule has 1 aromatic rings. The highest BCUT2D eigenvalue weighted by molar-refractivity contribution is 5.34. The van der Waals surface area contributed by atoms with Crippen molar-refractivity contribution >= 4 is 0 Å². The fourth-order valence-corrected chi connectivity index (χ4v) is 2.00. The van der Waals surface area contributed by atoms with Gasteiger partial charge in [0.1, 0.15) is 5.75 Å². The molecule has 0 bridgehead atoms.